The monoisotopic (exact) mass is 369 g/mol. The summed E-state index contributed by atoms with van der Waals surface area (Å²) in [7, 11) is 0. The molecule has 2 aliphatic heterocycles. The van der Waals surface area contributed by atoms with Crippen molar-refractivity contribution in [2.45, 2.75) is 38.3 Å². The molecule has 138 valence electrons. The number of rotatable bonds is 4. The molecule has 0 spiro atoms. The predicted molar refractivity (Wildman–Crippen MR) is 95.9 cm³/mol. The molecule has 0 aromatic heterocycles. The van der Waals surface area contributed by atoms with E-state index < -0.39 is 6.04 Å². The maximum atomic E-state index is 13.8. The van der Waals surface area contributed by atoms with Crippen molar-refractivity contribution < 1.29 is 14.0 Å². The highest BCUT2D eigenvalue weighted by Crippen LogP contribution is 2.15. The maximum absolute atomic E-state index is 13.8. The summed E-state index contributed by atoms with van der Waals surface area (Å²) >= 11 is 0. The van der Waals surface area contributed by atoms with Gasteiger partial charge in [-0.25, -0.2) is 4.39 Å². The summed E-state index contributed by atoms with van der Waals surface area (Å²) in [4.78, 5) is 28.5. The molecule has 0 radical (unpaired) electrons. The van der Waals surface area contributed by atoms with Crippen LogP contribution in [-0.4, -0.2) is 53.8 Å². The molecule has 2 amide bonds. The number of piperidine rings is 1. The summed E-state index contributed by atoms with van der Waals surface area (Å²) < 4.78 is 13.8. The minimum atomic E-state index is -0.500. The Morgan fingerprint density at radius 2 is 1.88 bits per heavy atom. The molecule has 1 N–H and O–H groups in total. The molecule has 2 saturated heterocycles. The van der Waals surface area contributed by atoms with Crippen LogP contribution < -0.4 is 5.32 Å². The fourth-order valence-corrected chi connectivity index (χ4v) is 3.39. The Kier molecular flexibility index (Phi) is 7.20. The minimum Gasteiger partial charge on any atom is -0.343 e. The van der Waals surface area contributed by atoms with Gasteiger partial charge >= 0.3 is 0 Å². The second-order valence-electron chi connectivity index (χ2n) is 6.50. The molecule has 7 heteroatoms. The molecule has 2 heterocycles. The average Bonchev–Trinajstić information content (AvgIpc) is 2.61. The molecular formula is C18H25ClFN3O2. The first kappa shape index (κ1) is 19.7. The van der Waals surface area contributed by atoms with Crippen molar-refractivity contribution in [3.63, 3.8) is 0 Å². The van der Waals surface area contributed by atoms with Crippen LogP contribution in [0.25, 0.3) is 0 Å². The summed E-state index contributed by atoms with van der Waals surface area (Å²) in [5.41, 5.74) is 0.508. The predicted octanol–water partition coefficient (Wildman–Crippen LogP) is 1.95. The van der Waals surface area contributed by atoms with E-state index in [0.29, 0.717) is 18.7 Å². The molecule has 5 nitrogen and oxygen atoms in total. The van der Waals surface area contributed by atoms with Crippen molar-refractivity contribution in [2.24, 2.45) is 0 Å². The van der Waals surface area contributed by atoms with E-state index >= 15 is 0 Å². The second-order valence-corrected chi connectivity index (χ2v) is 6.50. The van der Waals surface area contributed by atoms with Crippen LogP contribution in [0.4, 0.5) is 4.39 Å². The number of halogens is 2. The van der Waals surface area contributed by atoms with Gasteiger partial charge in [-0.1, -0.05) is 18.2 Å². The molecule has 3 rings (SSSR count). The van der Waals surface area contributed by atoms with Gasteiger partial charge in [-0.15, -0.1) is 12.4 Å². The molecule has 2 fully saturated rings. The van der Waals surface area contributed by atoms with Crippen molar-refractivity contribution in [2.75, 3.05) is 26.2 Å². The van der Waals surface area contributed by atoms with Crippen LogP contribution in [0.15, 0.2) is 24.3 Å². The molecule has 2 aliphatic rings. The summed E-state index contributed by atoms with van der Waals surface area (Å²) in [5, 5.41) is 3.14. The fourth-order valence-electron chi connectivity index (χ4n) is 3.39. The van der Waals surface area contributed by atoms with Gasteiger partial charge in [-0.05, 0) is 25.3 Å². The Hall–Kier alpha value is -1.66. The molecule has 1 aromatic rings. The standard InChI is InChI=1S/C18H24FN3O2.ClH/c19-15-7-3-2-6-14(15)13-22-11-8-20-16(18(22)24)12-17(23)21-9-4-1-5-10-21;/h2-3,6-7,16,20H,1,4-5,8-13H2;1H. The van der Waals surface area contributed by atoms with Crippen LogP contribution in [-0.2, 0) is 16.1 Å². The van der Waals surface area contributed by atoms with Crippen LogP contribution in [0, 0.1) is 5.82 Å². The number of amides is 2. The SMILES string of the molecule is Cl.O=C(CC1NCCN(Cc2ccccc2F)C1=O)N1CCCCC1. The summed E-state index contributed by atoms with van der Waals surface area (Å²) in [6.45, 7) is 2.98. The van der Waals surface area contributed by atoms with E-state index in [1.807, 2.05) is 4.90 Å². The lowest BCUT2D eigenvalue weighted by Crippen LogP contribution is -2.56. The van der Waals surface area contributed by atoms with Crippen molar-refractivity contribution in [1.29, 1.82) is 0 Å². The lowest BCUT2D eigenvalue weighted by Gasteiger charge is -2.34. The average molecular weight is 370 g/mol. The molecular weight excluding hydrogens is 345 g/mol. The van der Waals surface area contributed by atoms with Crippen LogP contribution in [0.1, 0.15) is 31.2 Å². The Balaban J connectivity index is 0.00000225. The number of likely N-dealkylation sites (tertiary alicyclic amines) is 1. The van der Waals surface area contributed by atoms with Crippen LogP contribution in [0.2, 0.25) is 0 Å². The summed E-state index contributed by atoms with van der Waals surface area (Å²) in [6.07, 6.45) is 3.43. The van der Waals surface area contributed by atoms with Crippen LogP contribution in [0.5, 0.6) is 0 Å². The van der Waals surface area contributed by atoms with Crippen LogP contribution in [0.3, 0.4) is 0 Å². The number of carbonyl (C=O) groups excluding carboxylic acids is 2. The van der Waals surface area contributed by atoms with Gasteiger partial charge in [0, 0.05) is 38.3 Å². The minimum absolute atomic E-state index is 0. The van der Waals surface area contributed by atoms with E-state index in [0.717, 1.165) is 25.9 Å². The van der Waals surface area contributed by atoms with Gasteiger partial charge in [0.15, 0.2) is 0 Å². The van der Waals surface area contributed by atoms with Gasteiger partial charge in [-0.3, -0.25) is 9.59 Å². The van der Waals surface area contributed by atoms with Gasteiger partial charge < -0.3 is 15.1 Å². The number of hydrogen-bond acceptors (Lipinski definition) is 3. The number of benzene rings is 1. The molecule has 1 unspecified atom stereocenters. The molecule has 25 heavy (non-hydrogen) atoms. The smallest absolute Gasteiger partial charge is 0.240 e. The summed E-state index contributed by atoms with van der Waals surface area (Å²) in [6, 6.07) is 6.00. The van der Waals surface area contributed by atoms with Gasteiger partial charge in [0.1, 0.15) is 5.82 Å². The third-order valence-electron chi connectivity index (χ3n) is 4.79. The quantitative estimate of drug-likeness (QED) is 0.882. The Morgan fingerprint density at radius 1 is 1.16 bits per heavy atom. The lowest BCUT2D eigenvalue weighted by molar-refractivity contribution is -0.141. The normalized spacial score (nSPS) is 21.0. The van der Waals surface area contributed by atoms with E-state index in [9.17, 15) is 14.0 Å². The third-order valence-corrected chi connectivity index (χ3v) is 4.79. The Morgan fingerprint density at radius 3 is 2.60 bits per heavy atom. The van der Waals surface area contributed by atoms with Crippen molar-refractivity contribution in [1.82, 2.24) is 15.1 Å². The molecule has 0 saturated carbocycles. The highest BCUT2D eigenvalue weighted by atomic mass is 35.5. The van der Waals surface area contributed by atoms with Crippen molar-refractivity contribution in [3.05, 3.63) is 35.6 Å². The highest BCUT2D eigenvalue weighted by molar-refractivity contribution is 5.89. The van der Waals surface area contributed by atoms with Gasteiger partial charge in [-0.2, -0.15) is 0 Å². The number of hydrogen-bond donors (Lipinski definition) is 1. The first-order valence-corrected chi connectivity index (χ1v) is 8.68. The fraction of sp³-hybridized carbons (Fsp3) is 0.556. The van der Waals surface area contributed by atoms with E-state index in [4.69, 9.17) is 0 Å². The number of carbonyl (C=O) groups is 2. The van der Waals surface area contributed by atoms with E-state index in [2.05, 4.69) is 5.32 Å². The van der Waals surface area contributed by atoms with Crippen LogP contribution >= 0.6 is 12.4 Å². The van der Waals surface area contributed by atoms with Gasteiger partial charge in [0.05, 0.1) is 12.5 Å². The van der Waals surface area contributed by atoms with E-state index in [-0.39, 0.29) is 43.0 Å². The van der Waals surface area contributed by atoms with Crippen molar-refractivity contribution in [3.8, 4) is 0 Å². The second kappa shape index (κ2) is 9.15. The Bertz CT molecular complexity index is 608. The maximum Gasteiger partial charge on any atom is 0.240 e. The molecule has 1 atom stereocenters. The number of nitrogens with zero attached hydrogens (tertiary/aromatic N) is 2. The topological polar surface area (TPSA) is 52.7 Å². The Labute approximate surface area is 154 Å². The summed E-state index contributed by atoms with van der Waals surface area (Å²) in [5.74, 6) is -0.382. The largest absolute Gasteiger partial charge is 0.343 e. The zero-order valence-electron chi connectivity index (χ0n) is 14.2. The van der Waals surface area contributed by atoms with Gasteiger partial charge in [0.2, 0.25) is 11.8 Å². The number of piperazine rings is 1. The molecule has 0 aliphatic carbocycles. The van der Waals surface area contributed by atoms with E-state index in [1.165, 1.54) is 12.5 Å². The zero-order valence-corrected chi connectivity index (χ0v) is 15.1. The zero-order chi connectivity index (χ0) is 16.9. The lowest BCUT2D eigenvalue weighted by atomic mass is 10.1. The first-order valence-electron chi connectivity index (χ1n) is 8.68. The first-order chi connectivity index (χ1) is 11.6. The third kappa shape index (κ3) is 4.92. The molecule has 1 aromatic carbocycles. The highest BCUT2D eigenvalue weighted by Gasteiger charge is 2.32. The molecule has 0 bridgehead atoms. The number of nitrogens with one attached hydrogen (secondary N) is 1. The van der Waals surface area contributed by atoms with E-state index in [1.54, 1.807) is 23.1 Å². The van der Waals surface area contributed by atoms with Crippen molar-refractivity contribution >= 4 is 24.2 Å². The van der Waals surface area contributed by atoms with Gasteiger partial charge in [0.25, 0.3) is 0 Å².